The van der Waals surface area contributed by atoms with E-state index in [1.807, 2.05) is 17.8 Å². The normalized spacial score (nSPS) is 28.8. The zero-order chi connectivity index (χ0) is 13.2. The van der Waals surface area contributed by atoms with Crippen molar-refractivity contribution < 1.29 is 0 Å². The van der Waals surface area contributed by atoms with Gasteiger partial charge in [-0.25, -0.2) is 0 Å². The molecule has 1 aromatic rings. The Balaban J connectivity index is 0.00000147. The van der Waals surface area contributed by atoms with Crippen LogP contribution in [0.5, 0.6) is 0 Å². The molecule has 0 aliphatic carbocycles. The van der Waals surface area contributed by atoms with Crippen molar-refractivity contribution >= 4 is 35.8 Å². The number of hydrogen-bond donors (Lipinski definition) is 3. The van der Waals surface area contributed by atoms with Gasteiger partial charge in [0.05, 0.1) is 0 Å². The van der Waals surface area contributed by atoms with Crippen molar-refractivity contribution in [2.75, 3.05) is 18.8 Å². The lowest BCUT2D eigenvalue weighted by molar-refractivity contribution is 0.409. The average molecular weight is 334 g/mol. The van der Waals surface area contributed by atoms with E-state index in [1.165, 1.54) is 22.6 Å². The molecule has 0 radical (unpaired) electrons. The molecule has 1 fully saturated rings. The Morgan fingerprint density at radius 2 is 2.30 bits per heavy atom. The predicted octanol–water partition coefficient (Wildman–Crippen LogP) is 3.00. The molecule has 0 spiro atoms. The molecular formula is C14H21Cl2N3S. The standard InChI is InChI=1S/C14H20ClN3S.ClH/c1-9-10(8-17-18-9)7-16-13-4-5-19-14-3-2-11(15)6-12(13)14;/h2-3,6,9-10,13,16-18H,4-5,7-8H2,1H3;1H. The highest BCUT2D eigenvalue weighted by Crippen LogP contribution is 2.37. The topological polar surface area (TPSA) is 36.1 Å². The van der Waals surface area contributed by atoms with Gasteiger partial charge < -0.3 is 5.32 Å². The minimum Gasteiger partial charge on any atom is -0.309 e. The molecule has 1 aromatic carbocycles. The van der Waals surface area contributed by atoms with Crippen LogP contribution in [-0.4, -0.2) is 24.9 Å². The summed E-state index contributed by atoms with van der Waals surface area (Å²) in [6.07, 6.45) is 1.18. The quantitative estimate of drug-likeness (QED) is 0.794. The SMILES string of the molecule is CC1NNCC1CNC1CCSc2ccc(Cl)cc21.Cl. The van der Waals surface area contributed by atoms with Crippen LogP contribution in [0.2, 0.25) is 5.02 Å². The van der Waals surface area contributed by atoms with E-state index in [4.69, 9.17) is 11.6 Å². The lowest BCUT2D eigenvalue weighted by atomic mass is 10.00. The van der Waals surface area contributed by atoms with Crippen molar-refractivity contribution in [1.82, 2.24) is 16.2 Å². The number of benzene rings is 1. The molecule has 2 heterocycles. The van der Waals surface area contributed by atoms with Gasteiger partial charge >= 0.3 is 0 Å². The van der Waals surface area contributed by atoms with Crippen LogP contribution in [0.1, 0.15) is 24.9 Å². The zero-order valence-electron chi connectivity index (χ0n) is 11.5. The van der Waals surface area contributed by atoms with E-state index in [0.29, 0.717) is 18.0 Å². The van der Waals surface area contributed by atoms with Gasteiger partial charge in [0.15, 0.2) is 0 Å². The summed E-state index contributed by atoms with van der Waals surface area (Å²) >= 11 is 8.07. The maximum atomic E-state index is 6.14. The van der Waals surface area contributed by atoms with Crippen LogP contribution in [0, 0.1) is 5.92 Å². The summed E-state index contributed by atoms with van der Waals surface area (Å²) in [6.45, 7) is 4.31. The van der Waals surface area contributed by atoms with Crippen molar-refractivity contribution in [3.05, 3.63) is 28.8 Å². The summed E-state index contributed by atoms with van der Waals surface area (Å²) < 4.78 is 0. The van der Waals surface area contributed by atoms with Crippen LogP contribution in [-0.2, 0) is 0 Å². The predicted molar refractivity (Wildman–Crippen MR) is 88.9 cm³/mol. The van der Waals surface area contributed by atoms with E-state index in [1.54, 1.807) is 0 Å². The first-order valence-electron chi connectivity index (χ1n) is 6.88. The number of nitrogens with one attached hydrogen (secondary N) is 3. The fraction of sp³-hybridized carbons (Fsp3) is 0.571. The third kappa shape index (κ3) is 3.62. The Morgan fingerprint density at radius 3 is 3.05 bits per heavy atom. The molecule has 3 N–H and O–H groups in total. The molecule has 3 unspecified atom stereocenters. The Morgan fingerprint density at radius 1 is 1.45 bits per heavy atom. The van der Waals surface area contributed by atoms with Gasteiger partial charge in [0.25, 0.3) is 0 Å². The lowest BCUT2D eigenvalue weighted by Gasteiger charge is -2.28. The summed E-state index contributed by atoms with van der Waals surface area (Å²) in [6, 6.07) is 7.24. The fourth-order valence-electron chi connectivity index (χ4n) is 2.77. The molecule has 3 nitrogen and oxygen atoms in total. The first kappa shape index (κ1) is 16.4. The molecule has 20 heavy (non-hydrogen) atoms. The zero-order valence-corrected chi connectivity index (χ0v) is 13.9. The Labute approximate surface area is 136 Å². The van der Waals surface area contributed by atoms with Gasteiger partial charge in [0, 0.05) is 41.0 Å². The minimum atomic E-state index is 0. The highest BCUT2D eigenvalue weighted by Gasteiger charge is 2.25. The van der Waals surface area contributed by atoms with E-state index in [9.17, 15) is 0 Å². The van der Waals surface area contributed by atoms with Crippen LogP contribution >= 0.6 is 35.8 Å². The molecule has 0 bridgehead atoms. The number of rotatable bonds is 3. The number of halogens is 2. The number of hydrogen-bond acceptors (Lipinski definition) is 4. The molecule has 2 aliphatic rings. The van der Waals surface area contributed by atoms with Gasteiger partial charge in [-0.05, 0) is 42.9 Å². The second-order valence-electron chi connectivity index (χ2n) is 5.35. The molecule has 112 valence electrons. The molecule has 1 saturated heterocycles. The van der Waals surface area contributed by atoms with Crippen LogP contribution < -0.4 is 16.2 Å². The smallest absolute Gasteiger partial charge is 0.0410 e. The Hall–Kier alpha value is 0.0300. The second-order valence-corrected chi connectivity index (χ2v) is 6.93. The van der Waals surface area contributed by atoms with Gasteiger partial charge in [-0.3, -0.25) is 10.9 Å². The van der Waals surface area contributed by atoms with E-state index in [0.717, 1.165) is 18.1 Å². The second kappa shape index (κ2) is 7.34. The number of thioether (sulfide) groups is 1. The van der Waals surface area contributed by atoms with Crippen molar-refractivity contribution in [1.29, 1.82) is 0 Å². The monoisotopic (exact) mass is 333 g/mol. The van der Waals surface area contributed by atoms with Gasteiger partial charge in [0.2, 0.25) is 0 Å². The third-order valence-corrected chi connectivity index (χ3v) is 5.40. The van der Waals surface area contributed by atoms with Crippen molar-refractivity contribution in [2.45, 2.75) is 30.3 Å². The van der Waals surface area contributed by atoms with Gasteiger partial charge in [-0.2, -0.15) is 0 Å². The molecule has 3 rings (SSSR count). The molecule has 0 amide bonds. The van der Waals surface area contributed by atoms with Crippen molar-refractivity contribution in [3.63, 3.8) is 0 Å². The van der Waals surface area contributed by atoms with Crippen molar-refractivity contribution in [2.24, 2.45) is 5.92 Å². The summed E-state index contributed by atoms with van der Waals surface area (Å²) in [5.74, 6) is 1.83. The average Bonchev–Trinajstić information content (AvgIpc) is 2.82. The fourth-order valence-corrected chi connectivity index (χ4v) is 4.05. The molecule has 6 heteroatoms. The third-order valence-electron chi connectivity index (χ3n) is 4.04. The van der Waals surface area contributed by atoms with Crippen LogP contribution in [0.15, 0.2) is 23.1 Å². The van der Waals surface area contributed by atoms with E-state index in [-0.39, 0.29) is 12.4 Å². The van der Waals surface area contributed by atoms with E-state index < -0.39 is 0 Å². The van der Waals surface area contributed by atoms with Gasteiger partial charge in [0.1, 0.15) is 0 Å². The van der Waals surface area contributed by atoms with Crippen LogP contribution in [0.4, 0.5) is 0 Å². The molecule has 3 atom stereocenters. The van der Waals surface area contributed by atoms with Gasteiger partial charge in [-0.1, -0.05) is 11.6 Å². The summed E-state index contributed by atoms with van der Waals surface area (Å²) in [4.78, 5) is 1.38. The summed E-state index contributed by atoms with van der Waals surface area (Å²) in [7, 11) is 0. The Bertz CT molecular complexity index is 458. The molecule has 0 aromatic heterocycles. The van der Waals surface area contributed by atoms with Gasteiger partial charge in [-0.15, -0.1) is 24.2 Å². The summed E-state index contributed by atoms with van der Waals surface area (Å²) in [5, 5.41) is 4.56. The highest BCUT2D eigenvalue weighted by molar-refractivity contribution is 7.99. The molecule has 2 aliphatic heterocycles. The minimum absolute atomic E-state index is 0. The largest absolute Gasteiger partial charge is 0.309 e. The first-order chi connectivity index (χ1) is 9.24. The first-order valence-corrected chi connectivity index (χ1v) is 8.24. The van der Waals surface area contributed by atoms with Crippen LogP contribution in [0.3, 0.4) is 0 Å². The van der Waals surface area contributed by atoms with Crippen molar-refractivity contribution in [3.8, 4) is 0 Å². The lowest BCUT2D eigenvalue weighted by Crippen LogP contribution is -2.35. The maximum Gasteiger partial charge on any atom is 0.0410 e. The van der Waals surface area contributed by atoms with Crippen LogP contribution in [0.25, 0.3) is 0 Å². The number of hydrazine groups is 1. The molecular weight excluding hydrogens is 313 g/mol. The summed E-state index contributed by atoms with van der Waals surface area (Å²) in [5.41, 5.74) is 7.86. The molecule has 0 saturated carbocycles. The number of fused-ring (bicyclic) bond motifs is 1. The maximum absolute atomic E-state index is 6.14. The highest BCUT2D eigenvalue weighted by atomic mass is 35.5. The van der Waals surface area contributed by atoms with E-state index in [2.05, 4.69) is 35.2 Å². The Kier molecular flexibility index (Phi) is 6.02. The van der Waals surface area contributed by atoms with E-state index >= 15 is 0 Å².